The van der Waals surface area contributed by atoms with Gasteiger partial charge in [-0.1, -0.05) is 35.9 Å². The van der Waals surface area contributed by atoms with Crippen LogP contribution in [0.4, 0.5) is 0 Å². The Morgan fingerprint density at radius 2 is 1.89 bits per heavy atom. The van der Waals surface area contributed by atoms with Crippen molar-refractivity contribution in [2.24, 2.45) is 5.92 Å². The Morgan fingerprint density at radius 1 is 1.11 bits per heavy atom. The predicted molar refractivity (Wildman–Crippen MR) is 75.4 cm³/mol. The fourth-order valence-corrected chi connectivity index (χ4v) is 2.48. The second kappa shape index (κ2) is 5.17. The maximum atomic E-state index is 6.18. The van der Waals surface area contributed by atoms with Gasteiger partial charge in [-0.15, -0.1) is 0 Å². The number of fused-ring (bicyclic) bond motifs is 1. The number of hydrogen-bond donors (Lipinski definition) is 1. The lowest BCUT2D eigenvalue weighted by atomic mass is 10.0. The first-order chi connectivity index (χ1) is 8.84. The lowest BCUT2D eigenvalue weighted by Gasteiger charge is -2.26. The second-order valence-electron chi connectivity index (χ2n) is 4.75. The number of benzene rings is 2. The van der Waals surface area contributed by atoms with Crippen molar-refractivity contribution in [3.8, 4) is 5.75 Å². The minimum Gasteiger partial charge on any atom is -0.493 e. The van der Waals surface area contributed by atoms with Crippen molar-refractivity contribution >= 4 is 22.4 Å². The Hall–Kier alpha value is -1.25. The predicted octanol–water partition coefficient (Wildman–Crippen LogP) is 3.48. The molecule has 3 heteroatoms. The van der Waals surface area contributed by atoms with E-state index in [0.717, 1.165) is 53.6 Å². The molecule has 1 fully saturated rings. The monoisotopic (exact) mass is 261 g/mol. The zero-order valence-corrected chi connectivity index (χ0v) is 10.9. The normalized spacial score (nSPS) is 15.6. The largest absolute Gasteiger partial charge is 0.493 e. The first-order valence-electron chi connectivity index (χ1n) is 6.35. The van der Waals surface area contributed by atoms with Crippen LogP contribution in [0, 0.1) is 5.92 Å². The molecular formula is C15H16ClNO. The molecule has 2 aromatic carbocycles. The summed E-state index contributed by atoms with van der Waals surface area (Å²) in [6, 6.07) is 12.0. The summed E-state index contributed by atoms with van der Waals surface area (Å²) >= 11 is 6.18. The Labute approximate surface area is 112 Å². The van der Waals surface area contributed by atoms with Crippen LogP contribution in [0.3, 0.4) is 0 Å². The van der Waals surface area contributed by atoms with Crippen LogP contribution in [0.2, 0.25) is 5.02 Å². The van der Waals surface area contributed by atoms with Gasteiger partial charge in [0.1, 0.15) is 5.75 Å². The number of hydrogen-bond acceptors (Lipinski definition) is 2. The Kier molecular flexibility index (Phi) is 3.39. The van der Waals surface area contributed by atoms with Crippen molar-refractivity contribution in [3.05, 3.63) is 41.4 Å². The molecule has 0 saturated carbocycles. The molecule has 0 spiro atoms. The molecule has 1 saturated heterocycles. The average Bonchev–Trinajstić information content (AvgIpc) is 2.35. The molecule has 3 rings (SSSR count). The van der Waals surface area contributed by atoms with Crippen LogP contribution >= 0.6 is 11.6 Å². The van der Waals surface area contributed by atoms with Crippen LogP contribution in [0.5, 0.6) is 5.75 Å². The van der Waals surface area contributed by atoms with E-state index in [9.17, 15) is 0 Å². The van der Waals surface area contributed by atoms with E-state index < -0.39 is 0 Å². The van der Waals surface area contributed by atoms with Crippen LogP contribution in [0.15, 0.2) is 36.4 Å². The molecule has 18 heavy (non-hydrogen) atoms. The number of nitrogens with one attached hydrogen (secondary N) is 1. The summed E-state index contributed by atoms with van der Waals surface area (Å²) in [6.07, 6.45) is 1.12. The van der Waals surface area contributed by atoms with Gasteiger partial charge in [0.15, 0.2) is 0 Å². The molecule has 94 valence electrons. The van der Waals surface area contributed by atoms with E-state index in [1.165, 1.54) is 0 Å². The van der Waals surface area contributed by atoms with Crippen molar-refractivity contribution in [2.45, 2.75) is 6.42 Å². The smallest absolute Gasteiger partial charge is 0.127 e. The summed E-state index contributed by atoms with van der Waals surface area (Å²) in [6.45, 7) is 3.04. The summed E-state index contributed by atoms with van der Waals surface area (Å²) in [5, 5.41) is 6.20. The molecule has 0 atom stereocenters. The maximum absolute atomic E-state index is 6.18. The second-order valence-corrected chi connectivity index (χ2v) is 5.16. The molecular weight excluding hydrogens is 246 g/mol. The molecule has 0 radical (unpaired) electrons. The molecule has 0 bridgehead atoms. The molecule has 0 aromatic heterocycles. The van der Waals surface area contributed by atoms with Crippen LogP contribution in [0.25, 0.3) is 10.8 Å². The summed E-state index contributed by atoms with van der Waals surface area (Å²) in [7, 11) is 0. The molecule has 1 aliphatic heterocycles. The average molecular weight is 262 g/mol. The quantitative estimate of drug-likeness (QED) is 0.910. The van der Waals surface area contributed by atoms with E-state index in [-0.39, 0.29) is 0 Å². The lowest BCUT2D eigenvalue weighted by molar-refractivity contribution is 0.240. The summed E-state index contributed by atoms with van der Waals surface area (Å²) < 4.78 is 5.89. The van der Waals surface area contributed by atoms with Crippen LogP contribution < -0.4 is 10.1 Å². The van der Waals surface area contributed by atoms with E-state index in [2.05, 4.69) is 11.4 Å². The van der Waals surface area contributed by atoms with Gasteiger partial charge in [-0.25, -0.2) is 0 Å². The molecule has 1 N–H and O–H groups in total. The minimum absolute atomic E-state index is 0.776. The van der Waals surface area contributed by atoms with Crippen molar-refractivity contribution < 1.29 is 4.74 Å². The molecule has 2 nitrogen and oxygen atoms in total. The van der Waals surface area contributed by atoms with Crippen molar-refractivity contribution in [2.75, 3.05) is 19.7 Å². The van der Waals surface area contributed by atoms with Gasteiger partial charge >= 0.3 is 0 Å². The third-order valence-electron chi connectivity index (χ3n) is 3.48. The van der Waals surface area contributed by atoms with E-state index in [0.29, 0.717) is 0 Å². The summed E-state index contributed by atoms with van der Waals surface area (Å²) in [5.41, 5.74) is 0. The van der Waals surface area contributed by atoms with Crippen LogP contribution in [0.1, 0.15) is 6.42 Å². The number of halogens is 1. The topological polar surface area (TPSA) is 21.3 Å². The van der Waals surface area contributed by atoms with Gasteiger partial charge in [-0.2, -0.15) is 0 Å². The van der Waals surface area contributed by atoms with Crippen LogP contribution in [-0.4, -0.2) is 19.7 Å². The Balaban J connectivity index is 1.76. The first kappa shape index (κ1) is 11.8. The van der Waals surface area contributed by atoms with E-state index in [4.69, 9.17) is 16.3 Å². The number of rotatable bonds is 4. The van der Waals surface area contributed by atoms with Crippen molar-refractivity contribution in [1.82, 2.24) is 5.32 Å². The standard InChI is InChI=1S/C15H16ClNO/c16-14-5-6-15(13-4-2-1-3-12(13)14)18-8-7-11-9-17-10-11/h1-6,11,17H,7-10H2. The fourth-order valence-electron chi connectivity index (χ4n) is 2.25. The third kappa shape index (κ3) is 2.31. The highest BCUT2D eigenvalue weighted by atomic mass is 35.5. The minimum atomic E-state index is 0.776. The van der Waals surface area contributed by atoms with E-state index in [1.807, 2.05) is 30.3 Å². The summed E-state index contributed by atoms with van der Waals surface area (Å²) in [4.78, 5) is 0. The van der Waals surface area contributed by atoms with Gasteiger partial charge in [0.25, 0.3) is 0 Å². The highest BCUT2D eigenvalue weighted by Gasteiger charge is 2.16. The lowest BCUT2D eigenvalue weighted by Crippen LogP contribution is -2.42. The highest BCUT2D eigenvalue weighted by Crippen LogP contribution is 2.31. The van der Waals surface area contributed by atoms with Gasteiger partial charge < -0.3 is 10.1 Å². The van der Waals surface area contributed by atoms with Gasteiger partial charge in [-0.05, 0) is 37.6 Å². The van der Waals surface area contributed by atoms with Crippen LogP contribution in [-0.2, 0) is 0 Å². The van der Waals surface area contributed by atoms with Gasteiger partial charge in [0.2, 0.25) is 0 Å². The van der Waals surface area contributed by atoms with Gasteiger partial charge in [-0.3, -0.25) is 0 Å². The molecule has 0 unspecified atom stereocenters. The Morgan fingerprint density at radius 3 is 2.61 bits per heavy atom. The SMILES string of the molecule is Clc1ccc(OCCC2CNC2)c2ccccc12. The summed E-state index contributed by atoms with van der Waals surface area (Å²) in [5.74, 6) is 1.71. The fraction of sp³-hybridized carbons (Fsp3) is 0.333. The molecule has 1 aliphatic rings. The van der Waals surface area contributed by atoms with Crippen molar-refractivity contribution in [3.63, 3.8) is 0 Å². The zero-order chi connectivity index (χ0) is 12.4. The van der Waals surface area contributed by atoms with Crippen molar-refractivity contribution in [1.29, 1.82) is 0 Å². The molecule has 2 aromatic rings. The van der Waals surface area contributed by atoms with E-state index in [1.54, 1.807) is 0 Å². The third-order valence-corrected chi connectivity index (χ3v) is 3.81. The first-order valence-corrected chi connectivity index (χ1v) is 6.73. The Bertz CT molecular complexity index is 551. The van der Waals surface area contributed by atoms with Gasteiger partial charge in [0, 0.05) is 15.8 Å². The van der Waals surface area contributed by atoms with Gasteiger partial charge in [0.05, 0.1) is 6.61 Å². The van der Waals surface area contributed by atoms with E-state index >= 15 is 0 Å². The molecule has 0 amide bonds. The molecule has 1 heterocycles. The zero-order valence-electron chi connectivity index (χ0n) is 10.2. The maximum Gasteiger partial charge on any atom is 0.127 e. The number of ether oxygens (including phenoxy) is 1. The highest BCUT2D eigenvalue weighted by molar-refractivity contribution is 6.35. The molecule has 0 aliphatic carbocycles.